The van der Waals surface area contributed by atoms with E-state index in [9.17, 15) is 18.0 Å². The molecular formula is C15H19F3N2O. The van der Waals surface area contributed by atoms with Gasteiger partial charge >= 0.3 is 6.18 Å². The highest BCUT2D eigenvalue weighted by Crippen LogP contribution is 2.34. The third kappa shape index (κ3) is 3.89. The van der Waals surface area contributed by atoms with E-state index in [0.29, 0.717) is 13.1 Å². The number of hydrogen-bond donors (Lipinski definition) is 1. The summed E-state index contributed by atoms with van der Waals surface area (Å²) in [5.41, 5.74) is -0.800. The van der Waals surface area contributed by atoms with Crippen LogP contribution in [0.2, 0.25) is 0 Å². The monoisotopic (exact) mass is 300 g/mol. The Kier molecular flexibility index (Phi) is 4.75. The summed E-state index contributed by atoms with van der Waals surface area (Å²) in [5.74, 6) is -0.147. The average molecular weight is 300 g/mol. The van der Waals surface area contributed by atoms with Crippen LogP contribution in [-0.2, 0) is 11.0 Å². The van der Waals surface area contributed by atoms with Crippen molar-refractivity contribution < 1.29 is 18.0 Å². The van der Waals surface area contributed by atoms with E-state index < -0.39 is 17.8 Å². The molecule has 21 heavy (non-hydrogen) atoms. The number of amides is 1. The van der Waals surface area contributed by atoms with Gasteiger partial charge in [0.2, 0.25) is 5.91 Å². The normalized spacial score (nSPS) is 17.4. The number of benzene rings is 1. The maximum Gasteiger partial charge on any atom is 0.418 e. The molecule has 1 aromatic rings. The van der Waals surface area contributed by atoms with Gasteiger partial charge in [0.25, 0.3) is 0 Å². The Morgan fingerprint density at radius 2 is 1.81 bits per heavy atom. The summed E-state index contributed by atoms with van der Waals surface area (Å²) in [6, 6.07) is 4.55. The highest BCUT2D eigenvalue weighted by molar-refractivity contribution is 5.84. The van der Waals surface area contributed by atoms with E-state index in [1.165, 1.54) is 18.2 Å². The second kappa shape index (κ2) is 6.37. The zero-order chi connectivity index (χ0) is 15.5. The summed E-state index contributed by atoms with van der Waals surface area (Å²) in [6.07, 6.45) is -1.42. The second-order valence-corrected chi connectivity index (χ2v) is 5.30. The van der Waals surface area contributed by atoms with Gasteiger partial charge in [-0.1, -0.05) is 12.1 Å². The van der Waals surface area contributed by atoms with E-state index in [-0.39, 0.29) is 11.6 Å². The Bertz CT molecular complexity index is 496. The molecule has 1 aromatic carbocycles. The molecule has 6 heteroatoms. The van der Waals surface area contributed by atoms with Crippen LogP contribution in [-0.4, -0.2) is 29.9 Å². The van der Waals surface area contributed by atoms with Gasteiger partial charge in [-0.3, -0.25) is 4.79 Å². The molecular weight excluding hydrogens is 281 g/mol. The van der Waals surface area contributed by atoms with Gasteiger partial charge in [0.05, 0.1) is 5.56 Å². The molecule has 1 saturated heterocycles. The van der Waals surface area contributed by atoms with Crippen molar-refractivity contribution in [2.45, 2.75) is 38.4 Å². The van der Waals surface area contributed by atoms with Crippen LogP contribution >= 0.6 is 0 Å². The molecule has 2 rings (SSSR count). The number of rotatable bonds is 3. The second-order valence-electron chi connectivity index (χ2n) is 5.30. The van der Waals surface area contributed by atoms with Crippen LogP contribution < -0.4 is 5.32 Å². The number of hydrogen-bond acceptors (Lipinski definition) is 2. The first-order valence-corrected chi connectivity index (χ1v) is 7.11. The minimum atomic E-state index is -4.43. The summed E-state index contributed by atoms with van der Waals surface area (Å²) in [7, 11) is 0. The van der Waals surface area contributed by atoms with E-state index in [1.54, 1.807) is 11.8 Å². The number of alkyl halides is 3. The number of likely N-dealkylation sites (tertiary alicyclic amines) is 1. The number of carbonyl (C=O) groups excluding carboxylic acids is 1. The number of nitrogens with one attached hydrogen (secondary N) is 1. The van der Waals surface area contributed by atoms with Gasteiger partial charge in [-0.25, -0.2) is 0 Å². The summed E-state index contributed by atoms with van der Waals surface area (Å²) in [4.78, 5) is 14.0. The fraction of sp³-hybridized carbons (Fsp3) is 0.533. The topological polar surface area (TPSA) is 32.3 Å². The maximum atomic E-state index is 12.9. The molecule has 0 aliphatic carbocycles. The van der Waals surface area contributed by atoms with Gasteiger partial charge in [0.1, 0.15) is 6.04 Å². The van der Waals surface area contributed by atoms with E-state index in [2.05, 4.69) is 5.32 Å². The van der Waals surface area contributed by atoms with Crippen LogP contribution in [0.15, 0.2) is 24.3 Å². The van der Waals surface area contributed by atoms with E-state index in [4.69, 9.17) is 0 Å². The Labute approximate surface area is 122 Å². The molecule has 1 amide bonds. The quantitative estimate of drug-likeness (QED) is 0.926. The minimum Gasteiger partial charge on any atom is -0.373 e. The number of para-hydroxylation sites is 1. The number of piperidine rings is 1. The minimum absolute atomic E-state index is 0.0529. The highest BCUT2D eigenvalue weighted by Gasteiger charge is 2.34. The standard InChI is InChI=1S/C15H19F3N2O/c1-11(14(21)20-9-5-2-6-10-20)19-13-8-4-3-7-12(13)15(16,17)18/h3-4,7-8,11,19H,2,5-6,9-10H2,1H3. The van der Waals surface area contributed by atoms with Crippen molar-refractivity contribution in [1.29, 1.82) is 0 Å². The summed E-state index contributed by atoms with van der Waals surface area (Å²) >= 11 is 0. The van der Waals surface area contributed by atoms with Crippen molar-refractivity contribution in [2.75, 3.05) is 18.4 Å². The first-order chi connectivity index (χ1) is 9.89. The van der Waals surface area contributed by atoms with Crippen molar-refractivity contribution in [2.24, 2.45) is 0 Å². The molecule has 3 nitrogen and oxygen atoms in total. The summed E-state index contributed by atoms with van der Waals surface area (Å²) in [5, 5.41) is 2.70. The lowest BCUT2D eigenvalue weighted by atomic mass is 10.1. The third-order valence-electron chi connectivity index (χ3n) is 3.64. The van der Waals surface area contributed by atoms with Crippen molar-refractivity contribution >= 4 is 11.6 Å². The Hall–Kier alpha value is -1.72. The average Bonchev–Trinajstić information content (AvgIpc) is 2.47. The lowest BCUT2D eigenvalue weighted by Gasteiger charge is -2.30. The molecule has 1 aliphatic heterocycles. The van der Waals surface area contributed by atoms with Crippen LogP contribution in [0.5, 0.6) is 0 Å². The smallest absolute Gasteiger partial charge is 0.373 e. The van der Waals surface area contributed by atoms with Gasteiger partial charge in [-0.05, 0) is 38.3 Å². The van der Waals surface area contributed by atoms with Gasteiger partial charge < -0.3 is 10.2 Å². The molecule has 116 valence electrons. The first-order valence-electron chi connectivity index (χ1n) is 7.11. The molecule has 1 unspecified atom stereocenters. The lowest BCUT2D eigenvalue weighted by molar-refractivity contribution is -0.137. The predicted molar refractivity (Wildman–Crippen MR) is 75.0 cm³/mol. The predicted octanol–water partition coefficient (Wildman–Crippen LogP) is 3.52. The van der Waals surface area contributed by atoms with Gasteiger partial charge in [0.15, 0.2) is 0 Å². The largest absolute Gasteiger partial charge is 0.418 e. The maximum absolute atomic E-state index is 12.9. The van der Waals surface area contributed by atoms with Crippen LogP contribution in [0.4, 0.5) is 18.9 Å². The summed E-state index contributed by atoms with van der Waals surface area (Å²) < 4.78 is 38.8. The molecule has 1 fully saturated rings. The Morgan fingerprint density at radius 3 is 2.43 bits per heavy atom. The summed E-state index contributed by atoms with van der Waals surface area (Å²) in [6.45, 7) is 2.97. The molecule has 0 saturated carbocycles. The highest BCUT2D eigenvalue weighted by atomic mass is 19.4. The third-order valence-corrected chi connectivity index (χ3v) is 3.64. The van der Waals surface area contributed by atoms with Crippen LogP contribution in [0.1, 0.15) is 31.7 Å². The van der Waals surface area contributed by atoms with Gasteiger partial charge in [0, 0.05) is 18.8 Å². The van der Waals surface area contributed by atoms with Crippen molar-refractivity contribution in [3.8, 4) is 0 Å². The van der Waals surface area contributed by atoms with E-state index in [1.807, 2.05) is 0 Å². The SMILES string of the molecule is CC(Nc1ccccc1C(F)(F)F)C(=O)N1CCCCC1. The van der Waals surface area contributed by atoms with Crippen molar-refractivity contribution in [3.63, 3.8) is 0 Å². The zero-order valence-electron chi connectivity index (χ0n) is 11.9. The molecule has 0 bridgehead atoms. The molecule has 1 heterocycles. The number of nitrogens with zero attached hydrogens (tertiary/aromatic N) is 1. The molecule has 1 aliphatic rings. The lowest BCUT2D eigenvalue weighted by Crippen LogP contribution is -2.44. The number of carbonyl (C=O) groups is 1. The molecule has 0 aromatic heterocycles. The van der Waals surface area contributed by atoms with Gasteiger partial charge in [-0.15, -0.1) is 0 Å². The van der Waals surface area contributed by atoms with E-state index >= 15 is 0 Å². The zero-order valence-corrected chi connectivity index (χ0v) is 11.9. The molecule has 1 atom stereocenters. The van der Waals surface area contributed by atoms with E-state index in [0.717, 1.165) is 25.3 Å². The van der Waals surface area contributed by atoms with Crippen molar-refractivity contribution in [1.82, 2.24) is 4.90 Å². The van der Waals surface area contributed by atoms with Crippen LogP contribution in [0.3, 0.4) is 0 Å². The van der Waals surface area contributed by atoms with Crippen molar-refractivity contribution in [3.05, 3.63) is 29.8 Å². The van der Waals surface area contributed by atoms with Gasteiger partial charge in [-0.2, -0.15) is 13.2 Å². The first kappa shape index (κ1) is 15.7. The number of halogens is 3. The molecule has 1 N–H and O–H groups in total. The Balaban J connectivity index is 2.09. The number of anilines is 1. The Morgan fingerprint density at radius 1 is 1.19 bits per heavy atom. The molecule has 0 spiro atoms. The fourth-order valence-corrected chi connectivity index (χ4v) is 2.54. The fourth-order valence-electron chi connectivity index (χ4n) is 2.54. The van der Waals surface area contributed by atoms with Crippen LogP contribution in [0, 0.1) is 0 Å². The molecule has 0 radical (unpaired) electrons. The van der Waals surface area contributed by atoms with Crippen LogP contribution in [0.25, 0.3) is 0 Å².